The number of aromatic amines is 1. The summed E-state index contributed by atoms with van der Waals surface area (Å²) in [6, 6.07) is 8.68. The van der Waals surface area contributed by atoms with Crippen LogP contribution >= 0.6 is 0 Å². The number of carbonyl (C=O) groups is 1. The number of benzene rings is 1. The lowest BCUT2D eigenvalue weighted by Gasteiger charge is -2.18. The first-order valence-corrected chi connectivity index (χ1v) is 8.39. The van der Waals surface area contributed by atoms with Crippen LogP contribution in [0.5, 0.6) is 0 Å². The minimum atomic E-state index is -0.0339. The molecular formula is C18H22N4O. The first-order valence-electron chi connectivity index (χ1n) is 8.39. The van der Waals surface area contributed by atoms with Gasteiger partial charge in [-0.05, 0) is 38.3 Å². The minimum absolute atomic E-state index is 0.0339. The number of aromatic nitrogens is 2. The van der Waals surface area contributed by atoms with E-state index in [1.807, 2.05) is 0 Å². The van der Waals surface area contributed by atoms with Gasteiger partial charge in [-0.1, -0.05) is 17.7 Å². The SMILES string of the molecule is Cc1ccc(N2CC[C@H](c3nc4c([nH]3)CCCNC4=O)C2)cc1. The normalized spacial score (nSPS) is 21.0. The molecule has 23 heavy (non-hydrogen) atoms. The van der Waals surface area contributed by atoms with E-state index >= 15 is 0 Å². The summed E-state index contributed by atoms with van der Waals surface area (Å²) in [5.41, 5.74) is 4.16. The first-order chi connectivity index (χ1) is 11.2. The Kier molecular flexibility index (Phi) is 3.56. The standard InChI is InChI=1S/C18H22N4O/c1-12-4-6-14(7-5-12)22-10-8-13(11-22)17-20-15-3-2-9-19-18(23)16(15)21-17/h4-7,13H,2-3,8-11H2,1H3,(H,19,23)(H,20,21)/t13-/m0/s1. The largest absolute Gasteiger partial charge is 0.371 e. The van der Waals surface area contributed by atoms with Crippen LogP contribution < -0.4 is 10.2 Å². The predicted octanol–water partition coefficient (Wildman–Crippen LogP) is 2.39. The monoisotopic (exact) mass is 310 g/mol. The van der Waals surface area contributed by atoms with Gasteiger partial charge in [-0.15, -0.1) is 0 Å². The van der Waals surface area contributed by atoms with Crippen LogP contribution in [0.1, 0.15) is 46.3 Å². The van der Waals surface area contributed by atoms with Gasteiger partial charge >= 0.3 is 0 Å². The Labute approximate surface area is 136 Å². The highest BCUT2D eigenvalue weighted by atomic mass is 16.1. The molecule has 5 nitrogen and oxygen atoms in total. The third-order valence-corrected chi connectivity index (χ3v) is 4.88. The highest BCUT2D eigenvalue weighted by molar-refractivity contribution is 5.93. The summed E-state index contributed by atoms with van der Waals surface area (Å²) in [4.78, 5) is 22.5. The Morgan fingerprint density at radius 1 is 1.26 bits per heavy atom. The number of nitrogens with one attached hydrogen (secondary N) is 2. The maximum Gasteiger partial charge on any atom is 0.271 e. The summed E-state index contributed by atoms with van der Waals surface area (Å²) in [6.07, 6.45) is 2.94. The van der Waals surface area contributed by atoms with Crippen molar-refractivity contribution in [3.63, 3.8) is 0 Å². The van der Waals surface area contributed by atoms with Crippen molar-refractivity contribution in [2.24, 2.45) is 0 Å². The van der Waals surface area contributed by atoms with E-state index in [0.717, 1.165) is 50.4 Å². The molecule has 3 heterocycles. The number of imidazole rings is 1. The van der Waals surface area contributed by atoms with Crippen LogP contribution in [0.3, 0.4) is 0 Å². The number of aryl methyl sites for hydroxylation is 2. The van der Waals surface area contributed by atoms with Gasteiger partial charge in [0.15, 0.2) is 0 Å². The molecule has 0 bridgehead atoms. The number of anilines is 1. The number of carbonyl (C=O) groups excluding carboxylic acids is 1. The predicted molar refractivity (Wildman–Crippen MR) is 90.0 cm³/mol. The summed E-state index contributed by atoms with van der Waals surface area (Å²) in [5.74, 6) is 1.31. The Bertz CT molecular complexity index is 719. The van der Waals surface area contributed by atoms with Crippen molar-refractivity contribution < 1.29 is 4.79 Å². The van der Waals surface area contributed by atoms with Gasteiger partial charge in [-0.2, -0.15) is 0 Å². The lowest BCUT2D eigenvalue weighted by Crippen LogP contribution is -2.23. The summed E-state index contributed by atoms with van der Waals surface area (Å²) >= 11 is 0. The molecule has 1 aromatic carbocycles. The molecule has 2 aliphatic rings. The lowest BCUT2D eigenvalue weighted by atomic mass is 10.1. The van der Waals surface area contributed by atoms with Gasteiger partial charge in [0.2, 0.25) is 0 Å². The van der Waals surface area contributed by atoms with Crippen LogP contribution in [0, 0.1) is 6.92 Å². The fourth-order valence-electron chi connectivity index (χ4n) is 3.52. The zero-order valence-corrected chi connectivity index (χ0v) is 13.4. The van der Waals surface area contributed by atoms with Crippen molar-refractivity contribution in [1.82, 2.24) is 15.3 Å². The molecule has 0 saturated carbocycles. The van der Waals surface area contributed by atoms with E-state index in [1.54, 1.807) is 0 Å². The van der Waals surface area contributed by atoms with Gasteiger partial charge < -0.3 is 15.2 Å². The molecule has 5 heteroatoms. The van der Waals surface area contributed by atoms with E-state index in [0.29, 0.717) is 11.6 Å². The molecule has 1 atom stereocenters. The summed E-state index contributed by atoms with van der Waals surface area (Å²) in [6.45, 7) is 4.84. The molecule has 120 valence electrons. The molecule has 1 saturated heterocycles. The second-order valence-corrected chi connectivity index (χ2v) is 6.58. The van der Waals surface area contributed by atoms with Crippen LogP contribution in [-0.4, -0.2) is 35.5 Å². The first kappa shape index (κ1) is 14.3. The number of nitrogens with zero attached hydrogens (tertiary/aromatic N) is 2. The maximum absolute atomic E-state index is 12.0. The van der Waals surface area contributed by atoms with Crippen LogP contribution in [0.15, 0.2) is 24.3 Å². The molecule has 0 aliphatic carbocycles. The zero-order chi connectivity index (χ0) is 15.8. The van der Waals surface area contributed by atoms with E-state index in [-0.39, 0.29) is 5.91 Å². The number of amides is 1. The number of hydrogen-bond acceptors (Lipinski definition) is 3. The number of H-pyrrole nitrogens is 1. The minimum Gasteiger partial charge on any atom is -0.371 e. The molecule has 2 N–H and O–H groups in total. The van der Waals surface area contributed by atoms with E-state index in [4.69, 9.17) is 0 Å². The van der Waals surface area contributed by atoms with Gasteiger partial charge in [0.25, 0.3) is 5.91 Å². The summed E-state index contributed by atoms with van der Waals surface area (Å²) in [7, 11) is 0. The third kappa shape index (κ3) is 2.71. The average molecular weight is 310 g/mol. The van der Waals surface area contributed by atoms with Crippen molar-refractivity contribution in [2.75, 3.05) is 24.5 Å². The fraction of sp³-hybridized carbons (Fsp3) is 0.444. The third-order valence-electron chi connectivity index (χ3n) is 4.88. The fourth-order valence-corrected chi connectivity index (χ4v) is 3.52. The molecule has 1 fully saturated rings. The van der Waals surface area contributed by atoms with Crippen molar-refractivity contribution in [3.8, 4) is 0 Å². The Morgan fingerprint density at radius 3 is 2.91 bits per heavy atom. The van der Waals surface area contributed by atoms with Gasteiger partial charge in [0.1, 0.15) is 11.5 Å². The summed E-state index contributed by atoms with van der Waals surface area (Å²) < 4.78 is 0. The number of hydrogen-bond donors (Lipinski definition) is 2. The van der Waals surface area contributed by atoms with Gasteiger partial charge in [-0.3, -0.25) is 4.79 Å². The molecule has 2 aliphatic heterocycles. The molecule has 1 amide bonds. The number of rotatable bonds is 2. The highest BCUT2D eigenvalue weighted by Gasteiger charge is 2.29. The Balaban J connectivity index is 1.53. The van der Waals surface area contributed by atoms with Crippen LogP contribution in [0.25, 0.3) is 0 Å². The molecule has 0 spiro atoms. The molecule has 0 radical (unpaired) electrons. The lowest BCUT2D eigenvalue weighted by molar-refractivity contribution is 0.0951. The summed E-state index contributed by atoms with van der Waals surface area (Å²) in [5, 5.41) is 2.91. The highest BCUT2D eigenvalue weighted by Crippen LogP contribution is 2.30. The quantitative estimate of drug-likeness (QED) is 0.895. The smallest absolute Gasteiger partial charge is 0.271 e. The van der Waals surface area contributed by atoms with Gasteiger partial charge in [-0.25, -0.2) is 4.98 Å². The Hall–Kier alpha value is -2.30. The Morgan fingerprint density at radius 2 is 2.09 bits per heavy atom. The maximum atomic E-state index is 12.0. The van der Waals surface area contributed by atoms with Crippen molar-refractivity contribution in [2.45, 2.75) is 32.1 Å². The van der Waals surface area contributed by atoms with Gasteiger partial charge in [0, 0.05) is 36.9 Å². The van der Waals surface area contributed by atoms with Crippen LogP contribution in [-0.2, 0) is 6.42 Å². The van der Waals surface area contributed by atoms with Crippen molar-refractivity contribution in [1.29, 1.82) is 0 Å². The van der Waals surface area contributed by atoms with Gasteiger partial charge in [0.05, 0.1) is 0 Å². The van der Waals surface area contributed by atoms with E-state index in [2.05, 4.69) is 51.4 Å². The second kappa shape index (κ2) is 5.72. The molecule has 4 rings (SSSR count). The molecule has 2 aromatic rings. The van der Waals surface area contributed by atoms with Crippen molar-refractivity contribution >= 4 is 11.6 Å². The van der Waals surface area contributed by atoms with Crippen LogP contribution in [0.4, 0.5) is 5.69 Å². The van der Waals surface area contributed by atoms with Crippen molar-refractivity contribution in [3.05, 3.63) is 47.0 Å². The number of fused-ring (bicyclic) bond motifs is 1. The zero-order valence-electron chi connectivity index (χ0n) is 13.4. The van der Waals surface area contributed by atoms with Crippen LogP contribution in [0.2, 0.25) is 0 Å². The molecule has 1 aromatic heterocycles. The topological polar surface area (TPSA) is 61.0 Å². The average Bonchev–Trinajstić information content (AvgIpc) is 3.16. The van der Waals surface area contributed by atoms with E-state index in [9.17, 15) is 4.79 Å². The molecular weight excluding hydrogens is 288 g/mol. The van der Waals surface area contributed by atoms with E-state index in [1.165, 1.54) is 11.3 Å². The second-order valence-electron chi connectivity index (χ2n) is 6.58. The molecule has 0 unspecified atom stereocenters. The van der Waals surface area contributed by atoms with E-state index < -0.39 is 0 Å².